The molecule has 0 fully saturated rings. The molecular weight excluding hydrogens is 310 g/mol. The maximum absolute atomic E-state index is 12.8. The number of amides is 1. The Morgan fingerprint density at radius 1 is 1.08 bits per heavy atom. The van der Waals surface area contributed by atoms with Crippen LogP contribution in [-0.4, -0.2) is 12.0 Å². The second kappa shape index (κ2) is 8.19. The number of hydrogen-bond acceptors (Lipinski definition) is 2. The Balaban J connectivity index is 2.23. The summed E-state index contributed by atoms with van der Waals surface area (Å²) in [6.45, 7) is 12.3. The standard InChI is InChI=1S/C22H29NO2/c1-7-19(25-20-13-15(4)11-12-16(20)5)22(24)23-21-17(6)9-8-10-18(21)14(2)3/h8-14,19H,7H2,1-6H3,(H,23,24). The van der Waals surface area contributed by atoms with Crippen molar-refractivity contribution >= 4 is 11.6 Å². The normalized spacial score (nSPS) is 12.1. The van der Waals surface area contributed by atoms with E-state index < -0.39 is 6.10 Å². The Hall–Kier alpha value is -2.29. The van der Waals surface area contributed by atoms with Gasteiger partial charge in [-0.15, -0.1) is 0 Å². The van der Waals surface area contributed by atoms with Crippen LogP contribution in [0.2, 0.25) is 0 Å². The first-order valence-electron chi connectivity index (χ1n) is 8.97. The summed E-state index contributed by atoms with van der Waals surface area (Å²) in [5.41, 5.74) is 5.29. The fraction of sp³-hybridized carbons (Fsp3) is 0.409. The Kier molecular flexibility index (Phi) is 6.24. The molecule has 0 aliphatic heterocycles. The van der Waals surface area contributed by atoms with Crippen LogP contribution in [0.1, 0.15) is 55.4 Å². The summed E-state index contributed by atoms with van der Waals surface area (Å²) in [7, 11) is 0. The fourth-order valence-corrected chi connectivity index (χ4v) is 2.86. The quantitative estimate of drug-likeness (QED) is 0.751. The van der Waals surface area contributed by atoms with Gasteiger partial charge in [-0.25, -0.2) is 0 Å². The van der Waals surface area contributed by atoms with Gasteiger partial charge in [-0.2, -0.15) is 0 Å². The van der Waals surface area contributed by atoms with Crippen molar-refractivity contribution in [1.82, 2.24) is 0 Å². The van der Waals surface area contributed by atoms with Crippen molar-refractivity contribution in [1.29, 1.82) is 0 Å². The van der Waals surface area contributed by atoms with Gasteiger partial charge in [0.2, 0.25) is 0 Å². The molecule has 3 heteroatoms. The van der Waals surface area contributed by atoms with Gasteiger partial charge in [0.05, 0.1) is 0 Å². The predicted octanol–water partition coefficient (Wildman–Crippen LogP) is 5.53. The van der Waals surface area contributed by atoms with E-state index in [4.69, 9.17) is 4.74 Å². The zero-order chi connectivity index (χ0) is 18.6. The van der Waals surface area contributed by atoms with Gasteiger partial charge in [-0.05, 0) is 61.4 Å². The Morgan fingerprint density at radius 3 is 2.44 bits per heavy atom. The van der Waals surface area contributed by atoms with Crippen LogP contribution in [0.25, 0.3) is 0 Å². The van der Waals surface area contributed by atoms with Gasteiger partial charge >= 0.3 is 0 Å². The van der Waals surface area contributed by atoms with Gasteiger partial charge in [0.25, 0.3) is 5.91 Å². The molecule has 0 spiro atoms. The van der Waals surface area contributed by atoms with Crippen LogP contribution in [-0.2, 0) is 4.79 Å². The number of para-hydroxylation sites is 1. The van der Waals surface area contributed by atoms with Crippen LogP contribution in [0, 0.1) is 20.8 Å². The maximum Gasteiger partial charge on any atom is 0.265 e. The zero-order valence-electron chi connectivity index (χ0n) is 16.1. The number of anilines is 1. The van der Waals surface area contributed by atoms with Gasteiger partial charge in [0.1, 0.15) is 5.75 Å². The summed E-state index contributed by atoms with van der Waals surface area (Å²) in [6.07, 6.45) is 0.0994. The van der Waals surface area contributed by atoms with Crippen LogP contribution >= 0.6 is 0 Å². The van der Waals surface area contributed by atoms with E-state index >= 15 is 0 Å². The molecule has 134 valence electrons. The van der Waals surface area contributed by atoms with E-state index in [1.54, 1.807) is 0 Å². The molecule has 0 saturated carbocycles. The first-order chi connectivity index (χ1) is 11.8. The van der Waals surface area contributed by atoms with Crippen molar-refractivity contribution in [3.8, 4) is 5.75 Å². The van der Waals surface area contributed by atoms with Crippen LogP contribution in [0.15, 0.2) is 36.4 Å². The molecule has 0 aliphatic carbocycles. The van der Waals surface area contributed by atoms with Gasteiger partial charge < -0.3 is 10.1 Å². The van der Waals surface area contributed by atoms with E-state index in [0.29, 0.717) is 12.3 Å². The Bertz CT molecular complexity index is 750. The first-order valence-corrected chi connectivity index (χ1v) is 8.97. The molecule has 1 amide bonds. The summed E-state index contributed by atoms with van der Waals surface area (Å²) in [4.78, 5) is 12.8. The highest BCUT2D eigenvalue weighted by Gasteiger charge is 2.21. The van der Waals surface area contributed by atoms with Crippen LogP contribution in [0.5, 0.6) is 5.75 Å². The van der Waals surface area contributed by atoms with E-state index in [9.17, 15) is 4.79 Å². The third-order valence-electron chi connectivity index (χ3n) is 4.45. The topological polar surface area (TPSA) is 38.3 Å². The minimum atomic E-state index is -0.514. The van der Waals surface area contributed by atoms with E-state index in [1.165, 1.54) is 0 Å². The molecule has 0 heterocycles. The number of carbonyl (C=O) groups excluding carboxylic acids is 1. The lowest BCUT2D eigenvalue weighted by Gasteiger charge is -2.22. The SMILES string of the molecule is CCC(Oc1cc(C)ccc1C)C(=O)Nc1c(C)cccc1C(C)C. The van der Waals surface area contributed by atoms with Crippen molar-refractivity contribution in [3.05, 3.63) is 58.7 Å². The van der Waals surface area contributed by atoms with Gasteiger partial charge in [-0.1, -0.05) is 51.1 Å². The van der Waals surface area contributed by atoms with E-state index in [0.717, 1.165) is 33.7 Å². The second-order valence-corrected chi connectivity index (χ2v) is 6.97. The minimum absolute atomic E-state index is 0.0976. The lowest BCUT2D eigenvalue weighted by molar-refractivity contribution is -0.122. The van der Waals surface area contributed by atoms with E-state index in [-0.39, 0.29) is 5.91 Å². The number of carbonyl (C=O) groups is 1. The largest absolute Gasteiger partial charge is 0.480 e. The summed E-state index contributed by atoms with van der Waals surface area (Å²) in [5, 5.41) is 3.10. The minimum Gasteiger partial charge on any atom is -0.480 e. The summed E-state index contributed by atoms with van der Waals surface area (Å²) < 4.78 is 6.04. The highest BCUT2D eigenvalue weighted by Crippen LogP contribution is 2.28. The molecule has 2 rings (SSSR count). The fourth-order valence-electron chi connectivity index (χ4n) is 2.86. The highest BCUT2D eigenvalue weighted by molar-refractivity contribution is 5.95. The number of benzene rings is 2. The zero-order valence-corrected chi connectivity index (χ0v) is 16.1. The molecular formula is C22H29NO2. The number of aryl methyl sites for hydroxylation is 3. The average molecular weight is 339 g/mol. The maximum atomic E-state index is 12.8. The lowest BCUT2D eigenvalue weighted by Crippen LogP contribution is -2.33. The monoisotopic (exact) mass is 339 g/mol. The molecule has 1 N–H and O–H groups in total. The molecule has 0 saturated heterocycles. The molecule has 0 aromatic heterocycles. The molecule has 2 aromatic carbocycles. The third-order valence-corrected chi connectivity index (χ3v) is 4.45. The first kappa shape index (κ1) is 19.0. The van der Waals surface area contributed by atoms with Crippen LogP contribution < -0.4 is 10.1 Å². The molecule has 25 heavy (non-hydrogen) atoms. The molecule has 0 aliphatic rings. The van der Waals surface area contributed by atoms with Crippen LogP contribution in [0.3, 0.4) is 0 Å². The second-order valence-electron chi connectivity index (χ2n) is 6.97. The number of nitrogens with one attached hydrogen (secondary N) is 1. The molecule has 0 bridgehead atoms. The van der Waals surface area contributed by atoms with Crippen molar-refractivity contribution in [2.24, 2.45) is 0 Å². The predicted molar refractivity (Wildman–Crippen MR) is 105 cm³/mol. The summed E-state index contributed by atoms with van der Waals surface area (Å²) in [6, 6.07) is 12.2. The summed E-state index contributed by atoms with van der Waals surface area (Å²) >= 11 is 0. The molecule has 3 nitrogen and oxygen atoms in total. The number of rotatable bonds is 6. The lowest BCUT2D eigenvalue weighted by atomic mass is 9.98. The van der Waals surface area contributed by atoms with Gasteiger partial charge in [0, 0.05) is 5.69 Å². The Labute approximate surface area is 151 Å². The van der Waals surface area contributed by atoms with Crippen molar-refractivity contribution in [3.63, 3.8) is 0 Å². The number of hydrogen-bond donors (Lipinski definition) is 1. The molecule has 1 atom stereocenters. The van der Waals surface area contributed by atoms with Crippen molar-refractivity contribution in [2.75, 3.05) is 5.32 Å². The smallest absolute Gasteiger partial charge is 0.265 e. The van der Waals surface area contributed by atoms with Crippen molar-refractivity contribution < 1.29 is 9.53 Å². The summed E-state index contributed by atoms with van der Waals surface area (Å²) in [5.74, 6) is 1.02. The van der Waals surface area contributed by atoms with Gasteiger partial charge in [-0.3, -0.25) is 4.79 Å². The molecule has 0 radical (unpaired) electrons. The average Bonchev–Trinajstić information content (AvgIpc) is 2.57. The Morgan fingerprint density at radius 2 is 1.80 bits per heavy atom. The van der Waals surface area contributed by atoms with Gasteiger partial charge in [0.15, 0.2) is 6.10 Å². The van der Waals surface area contributed by atoms with E-state index in [1.807, 2.05) is 58.0 Å². The van der Waals surface area contributed by atoms with E-state index in [2.05, 4.69) is 25.2 Å². The van der Waals surface area contributed by atoms with Crippen molar-refractivity contribution in [2.45, 2.75) is 60.0 Å². The highest BCUT2D eigenvalue weighted by atomic mass is 16.5. The number of ether oxygens (including phenoxy) is 1. The third kappa shape index (κ3) is 4.62. The molecule has 1 unspecified atom stereocenters. The van der Waals surface area contributed by atoms with Crippen LogP contribution in [0.4, 0.5) is 5.69 Å². The molecule has 2 aromatic rings.